The Hall–Kier alpha value is -1.05. The molecule has 4 aliphatic carbocycles. The van der Waals surface area contributed by atoms with E-state index < -0.39 is 0 Å². The summed E-state index contributed by atoms with van der Waals surface area (Å²) in [6.07, 6.45) is 15.3. The summed E-state index contributed by atoms with van der Waals surface area (Å²) in [7, 11) is 0. The van der Waals surface area contributed by atoms with E-state index >= 15 is 0 Å². The smallest absolute Gasteiger partial charge is 0.302 e. The molecule has 0 N–H and O–H groups in total. The highest BCUT2D eigenvalue weighted by Gasteiger charge is 2.65. The van der Waals surface area contributed by atoms with Gasteiger partial charge in [0, 0.05) is 12.3 Å². The number of hydrogen-bond donors (Lipinski definition) is 0. The van der Waals surface area contributed by atoms with Gasteiger partial charge in [0.25, 0.3) is 0 Å². The molecule has 2 nitrogen and oxygen atoms in total. The highest BCUT2D eigenvalue weighted by molar-refractivity contribution is 5.66. The predicted octanol–water partition coefficient (Wildman–Crippen LogP) is 9.54. The average molecular weight is 497 g/mol. The Kier molecular flexibility index (Phi) is 7.00. The summed E-state index contributed by atoms with van der Waals surface area (Å²) in [6.45, 7) is 26.1. The van der Waals surface area contributed by atoms with Crippen LogP contribution in [0.3, 0.4) is 0 Å². The molecule has 0 saturated heterocycles. The van der Waals surface area contributed by atoms with Crippen molar-refractivity contribution in [1.82, 2.24) is 0 Å². The molecule has 204 valence electrons. The summed E-state index contributed by atoms with van der Waals surface area (Å²) in [4.78, 5) is 11.9. The van der Waals surface area contributed by atoms with Crippen LogP contribution >= 0.6 is 0 Å². The first-order chi connectivity index (χ1) is 16.5. The molecule has 36 heavy (non-hydrogen) atoms. The van der Waals surface area contributed by atoms with Crippen molar-refractivity contribution in [3.63, 3.8) is 0 Å². The van der Waals surface area contributed by atoms with Gasteiger partial charge in [0.05, 0.1) is 0 Å². The number of hydrogen-bond acceptors (Lipinski definition) is 2. The molecule has 4 aliphatic rings. The van der Waals surface area contributed by atoms with Crippen LogP contribution in [0.1, 0.15) is 128 Å². The molecule has 0 aromatic carbocycles. The van der Waals surface area contributed by atoms with Gasteiger partial charge < -0.3 is 4.74 Å². The molecule has 0 spiro atoms. The number of allylic oxidation sites excluding steroid dienone is 4. The maximum atomic E-state index is 11.9. The zero-order valence-corrected chi connectivity index (χ0v) is 25.5. The van der Waals surface area contributed by atoms with E-state index in [0.29, 0.717) is 22.7 Å². The van der Waals surface area contributed by atoms with Crippen LogP contribution in [-0.2, 0) is 9.53 Å². The van der Waals surface area contributed by atoms with Crippen LogP contribution < -0.4 is 0 Å². The summed E-state index contributed by atoms with van der Waals surface area (Å²) in [5.74, 6) is 2.70. The lowest BCUT2D eigenvalue weighted by Gasteiger charge is -2.64. The predicted molar refractivity (Wildman–Crippen MR) is 152 cm³/mol. The molecule has 2 heteroatoms. The van der Waals surface area contributed by atoms with Crippen molar-refractivity contribution < 1.29 is 9.53 Å². The van der Waals surface area contributed by atoms with Crippen LogP contribution in [0.4, 0.5) is 0 Å². The van der Waals surface area contributed by atoms with Gasteiger partial charge in [-0.2, -0.15) is 0 Å². The molecule has 3 saturated carbocycles. The molecule has 0 amide bonds. The van der Waals surface area contributed by atoms with Crippen LogP contribution in [0.5, 0.6) is 0 Å². The molecule has 0 unspecified atom stereocenters. The van der Waals surface area contributed by atoms with Crippen molar-refractivity contribution in [3.8, 4) is 0 Å². The van der Waals surface area contributed by atoms with Gasteiger partial charge in [-0.25, -0.2) is 0 Å². The van der Waals surface area contributed by atoms with Crippen molar-refractivity contribution >= 4 is 5.97 Å². The topological polar surface area (TPSA) is 26.3 Å². The SMILES string of the molecule is CC(=O)O[C@H]1CC[C@@]2(C)C3=CC[C@@]4(C)[C@H]([C@H](C)CC=C(C)C(C)(C)C)CC[C@@]4(C)[C@@H]3CC[C@@H]2C1(C)C. The van der Waals surface area contributed by atoms with E-state index in [0.717, 1.165) is 24.7 Å². The third kappa shape index (κ3) is 4.16. The minimum absolute atomic E-state index is 0.0239. The molecule has 0 aromatic heterocycles. The van der Waals surface area contributed by atoms with Gasteiger partial charge in [-0.1, -0.05) is 85.6 Å². The molecule has 0 aliphatic heterocycles. The molecule has 8 atom stereocenters. The minimum Gasteiger partial charge on any atom is -0.462 e. The molecular weight excluding hydrogens is 440 g/mol. The molecule has 4 rings (SSSR count). The van der Waals surface area contributed by atoms with E-state index in [1.807, 2.05) is 0 Å². The maximum absolute atomic E-state index is 11.9. The molecule has 0 radical (unpaired) electrons. The second kappa shape index (κ2) is 9.01. The Labute approximate surface area is 223 Å². The van der Waals surface area contributed by atoms with Crippen LogP contribution in [0, 0.1) is 50.7 Å². The lowest BCUT2D eigenvalue weighted by Crippen LogP contribution is -2.58. The quantitative estimate of drug-likeness (QED) is 0.286. The summed E-state index contributed by atoms with van der Waals surface area (Å²) in [5.41, 5.74) is 4.63. The molecule has 0 bridgehead atoms. The van der Waals surface area contributed by atoms with E-state index in [-0.39, 0.29) is 28.3 Å². The summed E-state index contributed by atoms with van der Waals surface area (Å²) in [6, 6.07) is 0. The summed E-state index contributed by atoms with van der Waals surface area (Å²) < 4.78 is 5.88. The normalized spacial score (nSPS) is 43.1. The van der Waals surface area contributed by atoms with Crippen LogP contribution in [0.15, 0.2) is 23.3 Å². The number of rotatable bonds is 4. The first-order valence-corrected chi connectivity index (χ1v) is 15.0. The van der Waals surface area contributed by atoms with Crippen LogP contribution in [0.25, 0.3) is 0 Å². The standard InChI is InChI=1S/C34H56O2/c1-22(12-13-23(2)30(4,5)6)25-16-20-34(11)27-14-15-28-31(7,8)29(36-24(3)35)18-19-32(28,9)26(27)17-21-33(25,34)10/h13,17,22,25,27-29H,12,14-16,18-21H2,1-11H3/t22-,25+,27-,28-,29+,32+,33+,34+/m1/s1. The molecule has 0 heterocycles. The Morgan fingerprint density at radius 1 is 1.03 bits per heavy atom. The third-order valence-electron chi connectivity index (χ3n) is 12.8. The van der Waals surface area contributed by atoms with Crippen molar-refractivity contribution in [2.75, 3.05) is 0 Å². The maximum Gasteiger partial charge on any atom is 0.302 e. The van der Waals surface area contributed by atoms with E-state index in [1.54, 1.807) is 12.5 Å². The lowest BCUT2D eigenvalue weighted by atomic mass is 9.41. The van der Waals surface area contributed by atoms with Crippen molar-refractivity contribution in [2.45, 2.75) is 134 Å². The van der Waals surface area contributed by atoms with Gasteiger partial charge in [-0.15, -0.1) is 0 Å². The Morgan fingerprint density at radius 2 is 1.69 bits per heavy atom. The number of carbonyl (C=O) groups excluding carboxylic acids is 1. The highest BCUT2D eigenvalue weighted by Crippen LogP contribution is 2.73. The van der Waals surface area contributed by atoms with Gasteiger partial charge >= 0.3 is 5.97 Å². The summed E-state index contributed by atoms with van der Waals surface area (Å²) >= 11 is 0. The van der Waals surface area contributed by atoms with Crippen LogP contribution in [0.2, 0.25) is 0 Å². The average Bonchev–Trinajstić information content (AvgIpc) is 3.04. The number of esters is 1. The second-order valence-corrected chi connectivity index (χ2v) is 15.8. The van der Waals surface area contributed by atoms with Crippen molar-refractivity contribution in [3.05, 3.63) is 23.3 Å². The first-order valence-electron chi connectivity index (χ1n) is 15.0. The van der Waals surface area contributed by atoms with Crippen molar-refractivity contribution in [2.24, 2.45) is 50.7 Å². The molecule has 3 fully saturated rings. The zero-order chi connectivity index (χ0) is 26.9. The van der Waals surface area contributed by atoms with Gasteiger partial charge in [0.1, 0.15) is 6.10 Å². The third-order valence-corrected chi connectivity index (χ3v) is 12.8. The lowest BCUT2D eigenvalue weighted by molar-refractivity contribution is -0.170. The van der Waals surface area contributed by atoms with Gasteiger partial charge in [0.15, 0.2) is 0 Å². The van der Waals surface area contributed by atoms with Gasteiger partial charge in [-0.3, -0.25) is 4.79 Å². The van der Waals surface area contributed by atoms with Crippen molar-refractivity contribution in [1.29, 1.82) is 0 Å². The monoisotopic (exact) mass is 496 g/mol. The molecule has 0 aromatic rings. The fourth-order valence-corrected chi connectivity index (χ4v) is 9.90. The fraction of sp³-hybridized carbons (Fsp3) is 0.853. The highest BCUT2D eigenvalue weighted by atomic mass is 16.5. The largest absolute Gasteiger partial charge is 0.462 e. The summed E-state index contributed by atoms with van der Waals surface area (Å²) in [5, 5.41) is 0. The van der Waals surface area contributed by atoms with Gasteiger partial charge in [-0.05, 0) is 104 Å². The van der Waals surface area contributed by atoms with E-state index in [4.69, 9.17) is 4.74 Å². The number of fused-ring (bicyclic) bond motifs is 5. The number of ether oxygens (including phenoxy) is 1. The van der Waals surface area contributed by atoms with E-state index in [1.165, 1.54) is 44.1 Å². The molecular formula is C34H56O2. The Morgan fingerprint density at radius 3 is 2.31 bits per heavy atom. The van der Waals surface area contributed by atoms with Crippen LogP contribution in [-0.4, -0.2) is 12.1 Å². The Bertz CT molecular complexity index is 931. The minimum atomic E-state index is -0.121. The van der Waals surface area contributed by atoms with Gasteiger partial charge in [0.2, 0.25) is 0 Å². The van der Waals surface area contributed by atoms with E-state index in [2.05, 4.69) is 81.4 Å². The van der Waals surface area contributed by atoms with E-state index in [9.17, 15) is 4.79 Å². The zero-order valence-electron chi connectivity index (χ0n) is 25.5. The second-order valence-electron chi connectivity index (χ2n) is 15.8. The fourth-order valence-electron chi connectivity index (χ4n) is 9.90. The first kappa shape index (κ1) is 28.0. The Balaban J connectivity index is 1.61. The number of carbonyl (C=O) groups is 1.